The molecule has 2 rings (SSSR count). The maximum Gasteiger partial charge on any atom is 0.128 e. The molecule has 0 aliphatic rings. The lowest BCUT2D eigenvalue weighted by atomic mass is 10.5. The molecule has 0 aliphatic carbocycles. The average Bonchev–Trinajstić information content (AvgIpc) is 2.34. The van der Waals surface area contributed by atoms with E-state index in [0.29, 0.717) is 0 Å². The monoisotopic (exact) mass is 135 g/mol. The zero-order valence-electron chi connectivity index (χ0n) is 5.10. The first kappa shape index (κ1) is 5.16. The van der Waals surface area contributed by atoms with Crippen molar-refractivity contribution in [2.75, 3.05) is 5.84 Å². The zero-order chi connectivity index (χ0) is 6.97. The average molecular weight is 135 g/mol. The summed E-state index contributed by atoms with van der Waals surface area (Å²) in [7, 11) is 0. The highest BCUT2D eigenvalue weighted by molar-refractivity contribution is 5.72. The molecule has 5 nitrogen and oxygen atoms in total. The molecule has 0 spiro atoms. The van der Waals surface area contributed by atoms with E-state index < -0.39 is 0 Å². The first-order chi connectivity index (χ1) is 4.88. The van der Waals surface area contributed by atoms with Gasteiger partial charge in [-0.05, 0) is 0 Å². The molecule has 0 saturated heterocycles. The van der Waals surface area contributed by atoms with Crippen LogP contribution in [0.4, 0.5) is 0 Å². The maximum absolute atomic E-state index is 5.40. The van der Waals surface area contributed by atoms with Gasteiger partial charge in [-0.1, -0.05) is 0 Å². The van der Waals surface area contributed by atoms with Crippen LogP contribution in [0.1, 0.15) is 0 Å². The first-order valence-corrected chi connectivity index (χ1v) is 2.77. The van der Waals surface area contributed by atoms with E-state index in [1.54, 1.807) is 12.4 Å². The summed E-state index contributed by atoms with van der Waals surface area (Å²) < 4.78 is 0. The van der Waals surface area contributed by atoms with E-state index in [4.69, 9.17) is 5.84 Å². The van der Waals surface area contributed by atoms with Crippen LogP contribution in [0.15, 0.2) is 18.7 Å². The van der Waals surface area contributed by atoms with Crippen molar-refractivity contribution in [1.82, 2.24) is 19.9 Å². The lowest BCUT2D eigenvalue weighted by Gasteiger charge is -1.88. The van der Waals surface area contributed by atoms with Crippen molar-refractivity contribution >= 4 is 11.0 Å². The molecular formula is C5H5N5. The smallest absolute Gasteiger partial charge is 0.128 e. The third-order valence-corrected chi connectivity index (χ3v) is 1.27. The Balaban J connectivity index is 2.93. The second-order valence-corrected chi connectivity index (χ2v) is 1.88. The number of hydrogen-bond donors (Lipinski definition) is 1. The predicted octanol–water partition coefficient (Wildman–Crippen LogP) is -0.460. The molecule has 0 saturated carbocycles. The van der Waals surface area contributed by atoms with E-state index in [1.165, 1.54) is 11.1 Å². The largest absolute Gasteiger partial charge is 0.323 e. The Kier molecular flexibility index (Phi) is 0.858. The van der Waals surface area contributed by atoms with Crippen LogP contribution >= 0.6 is 0 Å². The molecule has 50 valence electrons. The standard InChI is InChI=1S/C5H5N5/c6-10-5-2-7-3-8-4(5)1-9-10/h1-3H,6H2. The van der Waals surface area contributed by atoms with Crippen LogP contribution in [-0.2, 0) is 0 Å². The fourth-order valence-corrected chi connectivity index (χ4v) is 0.787. The fraction of sp³-hybridized carbons (Fsp3) is 0. The Morgan fingerprint density at radius 3 is 3.10 bits per heavy atom. The number of nitrogens with two attached hydrogens (primary N) is 1. The molecule has 0 aromatic carbocycles. The number of nitrogen functional groups attached to an aromatic ring is 1. The van der Waals surface area contributed by atoms with Crippen LogP contribution < -0.4 is 5.84 Å². The van der Waals surface area contributed by atoms with Crippen LogP contribution in [0.5, 0.6) is 0 Å². The normalized spacial score (nSPS) is 10.4. The molecule has 10 heavy (non-hydrogen) atoms. The van der Waals surface area contributed by atoms with Gasteiger partial charge in [0.15, 0.2) is 0 Å². The van der Waals surface area contributed by atoms with Gasteiger partial charge >= 0.3 is 0 Å². The van der Waals surface area contributed by atoms with Gasteiger partial charge < -0.3 is 5.84 Å². The summed E-state index contributed by atoms with van der Waals surface area (Å²) in [5.74, 6) is 5.40. The van der Waals surface area contributed by atoms with Crippen LogP contribution in [-0.4, -0.2) is 19.9 Å². The SMILES string of the molecule is Nn1ncc2ncncc21. The molecule has 0 amide bonds. The minimum atomic E-state index is 0.738. The molecule has 2 aromatic rings. The zero-order valence-corrected chi connectivity index (χ0v) is 5.10. The highest BCUT2D eigenvalue weighted by Gasteiger charge is 1.97. The lowest BCUT2D eigenvalue weighted by molar-refractivity contribution is 0.860. The summed E-state index contributed by atoms with van der Waals surface area (Å²) in [6.45, 7) is 0. The van der Waals surface area contributed by atoms with Gasteiger partial charge in [0.05, 0.1) is 12.4 Å². The number of fused-ring (bicyclic) bond motifs is 1. The topological polar surface area (TPSA) is 69.6 Å². The molecule has 0 aliphatic heterocycles. The molecule has 0 bridgehead atoms. The van der Waals surface area contributed by atoms with Crippen molar-refractivity contribution in [3.05, 3.63) is 18.7 Å². The maximum atomic E-state index is 5.40. The number of hydrogen-bond acceptors (Lipinski definition) is 4. The van der Waals surface area contributed by atoms with Crippen molar-refractivity contribution in [3.63, 3.8) is 0 Å². The Labute approximate surface area is 56.5 Å². The van der Waals surface area contributed by atoms with E-state index in [9.17, 15) is 0 Å². The van der Waals surface area contributed by atoms with Gasteiger partial charge in [-0.15, -0.1) is 0 Å². The van der Waals surface area contributed by atoms with E-state index in [-0.39, 0.29) is 0 Å². The van der Waals surface area contributed by atoms with Crippen LogP contribution in [0.25, 0.3) is 11.0 Å². The molecule has 0 unspecified atom stereocenters. The number of rotatable bonds is 0. The van der Waals surface area contributed by atoms with Crippen molar-refractivity contribution in [2.45, 2.75) is 0 Å². The quantitative estimate of drug-likeness (QED) is 0.496. The van der Waals surface area contributed by atoms with Crippen LogP contribution in [0.2, 0.25) is 0 Å². The summed E-state index contributed by atoms with van der Waals surface area (Å²) >= 11 is 0. The summed E-state index contributed by atoms with van der Waals surface area (Å²) in [4.78, 5) is 8.97. The number of aromatic nitrogens is 4. The van der Waals surface area contributed by atoms with Gasteiger partial charge in [0.25, 0.3) is 0 Å². The molecule has 0 atom stereocenters. The molecule has 0 radical (unpaired) electrons. The van der Waals surface area contributed by atoms with Crippen molar-refractivity contribution < 1.29 is 0 Å². The Bertz CT molecular complexity index is 352. The van der Waals surface area contributed by atoms with Crippen molar-refractivity contribution in [3.8, 4) is 0 Å². The van der Waals surface area contributed by atoms with E-state index in [2.05, 4.69) is 15.1 Å². The summed E-state index contributed by atoms with van der Waals surface area (Å²) in [5, 5.41) is 3.79. The van der Waals surface area contributed by atoms with Crippen LogP contribution in [0.3, 0.4) is 0 Å². The number of nitrogens with zero attached hydrogens (tertiary/aromatic N) is 4. The van der Waals surface area contributed by atoms with Gasteiger partial charge in [-0.25, -0.2) is 9.97 Å². The predicted molar refractivity (Wildman–Crippen MR) is 35.5 cm³/mol. The summed E-state index contributed by atoms with van der Waals surface area (Å²) in [5.41, 5.74) is 1.50. The summed E-state index contributed by atoms with van der Waals surface area (Å²) in [6, 6.07) is 0. The Hall–Kier alpha value is -1.65. The molecular weight excluding hydrogens is 130 g/mol. The first-order valence-electron chi connectivity index (χ1n) is 2.77. The second kappa shape index (κ2) is 1.66. The lowest BCUT2D eigenvalue weighted by Crippen LogP contribution is -2.08. The summed E-state index contributed by atoms with van der Waals surface area (Å²) in [6.07, 6.45) is 4.68. The van der Waals surface area contributed by atoms with Gasteiger partial charge in [0, 0.05) is 0 Å². The Morgan fingerprint density at radius 2 is 2.30 bits per heavy atom. The molecule has 0 fully saturated rings. The van der Waals surface area contributed by atoms with Gasteiger partial charge in [-0.3, -0.25) is 0 Å². The highest BCUT2D eigenvalue weighted by Crippen LogP contribution is 2.03. The minimum absolute atomic E-state index is 0.738. The van der Waals surface area contributed by atoms with Crippen LogP contribution in [0, 0.1) is 0 Å². The van der Waals surface area contributed by atoms with E-state index in [0.717, 1.165) is 11.0 Å². The third-order valence-electron chi connectivity index (χ3n) is 1.27. The van der Waals surface area contributed by atoms with Gasteiger partial charge in [0.1, 0.15) is 17.4 Å². The highest BCUT2D eigenvalue weighted by atomic mass is 15.5. The van der Waals surface area contributed by atoms with Gasteiger partial charge in [-0.2, -0.15) is 9.89 Å². The second-order valence-electron chi connectivity index (χ2n) is 1.88. The Morgan fingerprint density at radius 1 is 1.40 bits per heavy atom. The van der Waals surface area contributed by atoms with E-state index in [1.807, 2.05) is 0 Å². The molecule has 2 heterocycles. The van der Waals surface area contributed by atoms with Crippen molar-refractivity contribution in [2.24, 2.45) is 0 Å². The molecule has 5 heteroatoms. The molecule has 2 aromatic heterocycles. The molecule has 2 N–H and O–H groups in total. The van der Waals surface area contributed by atoms with Crippen molar-refractivity contribution in [1.29, 1.82) is 0 Å². The fourth-order valence-electron chi connectivity index (χ4n) is 0.787. The minimum Gasteiger partial charge on any atom is -0.323 e. The van der Waals surface area contributed by atoms with Gasteiger partial charge in [0.2, 0.25) is 0 Å². The van der Waals surface area contributed by atoms with E-state index >= 15 is 0 Å². The third kappa shape index (κ3) is 0.540.